The fraction of sp³-hybridized carbons (Fsp3) is 0.154. The maximum Gasteiger partial charge on any atom is 0.312 e. The molecule has 0 saturated heterocycles. The molecule has 0 fully saturated rings. The molecule has 0 radical (unpaired) electrons. The normalized spacial score (nSPS) is 17.8. The van der Waals surface area contributed by atoms with E-state index in [-0.39, 0.29) is 35.2 Å². The summed E-state index contributed by atoms with van der Waals surface area (Å²) < 4.78 is 22.1. The fourth-order valence-corrected chi connectivity index (χ4v) is 4.21. The summed E-state index contributed by atoms with van der Waals surface area (Å²) in [7, 11) is 2.86. The van der Waals surface area contributed by atoms with E-state index in [0.717, 1.165) is 5.56 Å². The van der Waals surface area contributed by atoms with Crippen LogP contribution in [0.5, 0.6) is 28.7 Å². The quantitative estimate of drug-likeness (QED) is 0.361. The van der Waals surface area contributed by atoms with Crippen LogP contribution in [0.1, 0.15) is 39.4 Å². The van der Waals surface area contributed by atoms with Gasteiger partial charge in [-0.25, -0.2) is 0 Å². The third kappa shape index (κ3) is 3.47. The van der Waals surface area contributed by atoms with Crippen molar-refractivity contribution in [3.05, 3.63) is 82.6 Å². The lowest BCUT2D eigenvalue weighted by Crippen LogP contribution is -2.21. The highest BCUT2D eigenvalue weighted by Gasteiger charge is 2.39. The first-order chi connectivity index (χ1) is 16.0. The molecule has 2 aliphatic rings. The van der Waals surface area contributed by atoms with Gasteiger partial charge in [0.05, 0.1) is 26.2 Å². The van der Waals surface area contributed by atoms with Crippen molar-refractivity contribution in [3.63, 3.8) is 0 Å². The molecule has 7 nitrogen and oxygen atoms in total. The monoisotopic (exact) mass is 444 g/mol. The van der Waals surface area contributed by atoms with E-state index in [1.807, 2.05) is 30.3 Å². The van der Waals surface area contributed by atoms with Gasteiger partial charge in [-0.05, 0) is 41.5 Å². The van der Waals surface area contributed by atoms with Gasteiger partial charge in [0.2, 0.25) is 11.5 Å². The van der Waals surface area contributed by atoms with Gasteiger partial charge in [-0.1, -0.05) is 30.3 Å². The first-order valence-corrected chi connectivity index (χ1v) is 10.3. The summed E-state index contributed by atoms with van der Waals surface area (Å²) in [6.07, 6.45) is 1.71. The molecule has 2 aliphatic heterocycles. The second-order valence-corrected chi connectivity index (χ2v) is 7.71. The van der Waals surface area contributed by atoms with Gasteiger partial charge in [-0.3, -0.25) is 9.59 Å². The molecule has 166 valence electrons. The van der Waals surface area contributed by atoms with Crippen LogP contribution in [0.2, 0.25) is 0 Å². The fourth-order valence-electron chi connectivity index (χ4n) is 4.21. The average molecular weight is 444 g/mol. The standard InChI is InChI=1S/C26H20O7/c1-30-19-11-15(12-20(31-2)25(19)29)17-13-22(27)32-18-9-8-16-24(28)21(33-26(16)23(17)18)10-14-6-4-3-5-7-14/h3-12,17,29H,13H2,1-2H3/b21-10-. The molecule has 0 bridgehead atoms. The Morgan fingerprint density at radius 1 is 0.970 bits per heavy atom. The maximum absolute atomic E-state index is 13.1. The number of hydrogen-bond acceptors (Lipinski definition) is 7. The number of phenols is 1. The van der Waals surface area contributed by atoms with Crippen molar-refractivity contribution in [2.45, 2.75) is 12.3 Å². The summed E-state index contributed by atoms with van der Waals surface area (Å²) >= 11 is 0. The largest absolute Gasteiger partial charge is 0.502 e. The second kappa shape index (κ2) is 8.02. The van der Waals surface area contributed by atoms with Crippen molar-refractivity contribution < 1.29 is 33.6 Å². The minimum absolute atomic E-state index is 0.0236. The topological polar surface area (TPSA) is 91.3 Å². The van der Waals surface area contributed by atoms with Crippen LogP contribution in [-0.4, -0.2) is 31.1 Å². The zero-order chi connectivity index (χ0) is 23.1. The molecule has 2 heterocycles. The molecule has 0 amide bonds. The average Bonchev–Trinajstić information content (AvgIpc) is 3.14. The zero-order valence-electron chi connectivity index (χ0n) is 18.0. The van der Waals surface area contributed by atoms with E-state index in [2.05, 4.69) is 0 Å². The van der Waals surface area contributed by atoms with E-state index in [0.29, 0.717) is 28.2 Å². The molecule has 33 heavy (non-hydrogen) atoms. The summed E-state index contributed by atoms with van der Waals surface area (Å²) in [6, 6.07) is 15.9. The number of Topliss-reactive ketones (excluding diaryl/α,β-unsaturated/α-hetero) is 1. The van der Waals surface area contributed by atoms with Gasteiger partial charge in [-0.15, -0.1) is 0 Å². The Balaban J connectivity index is 1.65. The van der Waals surface area contributed by atoms with E-state index >= 15 is 0 Å². The van der Waals surface area contributed by atoms with E-state index in [1.54, 1.807) is 30.3 Å². The molecule has 0 saturated carbocycles. The SMILES string of the molecule is COc1cc(C2CC(=O)Oc3ccc4c(c32)O/C(=C\c2ccccc2)C4=O)cc(OC)c1O. The third-order valence-electron chi connectivity index (χ3n) is 5.78. The molecule has 1 atom stereocenters. The Morgan fingerprint density at radius 3 is 2.33 bits per heavy atom. The summed E-state index contributed by atoms with van der Waals surface area (Å²) in [4.78, 5) is 25.5. The van der Waals surface area contributed by atoms with Crippen LogP contribution in [0.15, 0.2) is 60.4 Å². The van der Waals surface area contributed by atoms with E-state index < -0.39 is 11.9 Å². The van der Waals surface area contributed by atoms with Gasteiger partial charge in [-0.2, -0.15) is 0 Å². The Morgan fingerprint density at radius 2 is 1.67 bits per heavy atom. The first kappa shape index (κ1) is 20.6. The van der Waals surface area contributed by atoms with Crippen molar-refractivity contribution in [2.75, 3.05) is 14.2 Å². The third-order valence-corrected chi connectivity index (χ3v) is 5.78. The number of methoxy groups -OCH3 is 2. The molecule has 0 spiro atoms. The predicted molar refractivity (Wildman–Crippen MR) is 119 cm³/mol. The van der Waals surface area contributed by atoms with Crippen molar-refractivity contribution in [1.29, 1.82) is 0 Å². The Hall–Kier alpha value is -4.26. The number of aromatic hydroxyl groups is 1. The minimum atomic E-state index is -0.497. The molecule has 1 unspecified atom stereocenters. The molecule has 3 aromatic rings. The van der Waals surface area contributed by atoms with Crippen LogP contribution in [-0.2, 0) is 4.79 Å². The smallest absolute Gasteiger partial charge is 0.312 e. The van der Waals surface area contributed by atoms with Gasteiger partial charge in [0, 0.05) is 11.5 Å². The van der Waals surface area contributed by atoms with Crippen LogP contribution in [0.4, 0.5) is 0 Å². The summed E-state index contributed by atoms with van der Waals surface area (Å²) in [5.41, 5.74) is 2.48. The predicted octanol–water partition coefficient (Wildman–Crippen LogP) is 4.47. The number of ketones is 1. The van der Waals surface area contributed by atoms with Crippen LogP contribution in [0.3, 0.4) is 0 Å². The molecular formula is C26H20O7. The molecular weight excluding hydrogens is 424 g/mol. The van der Waals surface area contributed by atoms with Gasteiger partial charge >= 0.3 is 5.97 Å². The van der Waals surface area contributed by atoms with E-state index in [4.69, 9.17) is 18.9 Å². The number of carbonyl (C=O) groups excluding carboxylic acids is 2. The van der Waals surface area contributed by atoms with Crippen LogP contribution in [0.25, 0.3) is 6.08 Å². The number of esters is 1. The molecule has 3 aromatic carbocycles. The van der Waals surface area contributed by atoms with Gasteiger partial charge < -0.3 is 24.1 Å². The Labute approximate surface area is 189 Å². The molecule has 7 heteroatoms. The zero-order valence-corrected chi connectivity index (χ0v) is 18.0. The number of phenolic OH excluding ortho intramolecular Hbond substituents is 1. The first-order valence-electron chi connectivity index (χ1n) is 10.3. The van der Waals surface area contributed by atoms with Crippen molar-refractivity contribution in [2.24, 2.45) is 0 Å². The number of ether oxygens (including phenoxy) is 4. The lowest BCUT2D eigenvalue weighted by molar-refractivity contribution is -0.135. The minimum Gasteiger partial charge on any atom is -0.502 e. The molecule has 0 aromatic heterocycles. The molecule has 0 aliphatic carbocycles. The summed E-state index contributed by atoms with van der Waals surface area (Å²) in [6.45, 7) is 0. The molecule has 1 N–H and O–H groups in total. The number of hydrogen-bond donors (Lipinski definition) is 1. The number of rotatable bonds is 4. The highest BCUT2D eigenvalue weighted by molar-refractivity contribution is 6.15. The maximum atomic E-state index is 13.1. The summed E-state index contributed by atoms with van der Waals surface area (Å²) in [5, 5.41) is 10.3. The second-order valence-electron chi connectivity index (χ2n) is 7.71. The Kier molecular flexibility index (Phi) is 5.01. The van der Waals surface area contributed by atoms with Crippen LogP contribution >= 0.6 is 0 Å². The van der Waals surface area contributed by atoms with Gasteiger partial charge in [0.15, 0.2) is 17.3 Å². The number of benzene rings is 3. The lowest BCUT2D eigenvalue weighted by Gasteiger charge is -2.27. The Bertz CT molecular complexity index is 1280. The van der Waals surface area contributed by atoms with Gasteiger partial charge in [0.1, 0.15) is 11.5 Å². The highest BCUT2D eigenvalue weighted by Crippen LogP contribution is 2.51. The highest BCUT2D eigenvalue weighted by atomic mass is 16.5. The van der Waals surface area contributed by atoms with Crippen LogP contribution in [0, 0.1) is 0 Å². The van der Waals surface area contributed by atoms with Crippen molar-refractivity contribution in [1.82, 2.24) is 0 Å². The summed E-state index contributed by atoms with van der Waals surface area (Å²) in [5.74, 6) is 0.0110. The van der Waals surface area contributed by atoms with Crippen molar-refractivity contribution in [3.8, 4) is 28.7 Å². The lowest BCUT2D eigenvalue weighted by atomic mass is 9.84. The van der Waals surface area contributed by atoms with Crippen molar-refractivity contribution >= 4 is 17.8 Å². The van der Waals surface area contributed by atoms with Crippen LogP contribution < -0.4 is 18.9 Å². The number of carbonyl (C=O) groups is 2. The number of allylic oxidation sites excluding steroid dienone is 1. The van der Waals surface area contributed by atoms with Gasteiger partial charge in [0.25, 0.3) is 0 Å². The van der Waals surface area contributed by atoms with E-state index in [9.17, 15) is 14.7 Å². The van der Waals surface area contributed by atoms with E-state index in [1.165, 1.54) is 14.2 Å². The molecule has 5 rings (SSSR count). The number of fused-ring (bicyclic) bond motifs is 3.